The van der Waals surface area contributed by atoms with Crippen molar-refractivity contribution in [3.8, 4) is 0 Å². The molecule has 0 bridgehead atoms. The number of anilines is 2. The second-order valence-corrected chi connectivity index (χ2v) is 5.41. The lowest BCUT2D eigenvalue weighted by Crippen LogP contribution is -2.22. The molecule has 1 rings (SSSR count). The first-order valence-electron chi connectivity index (χ1n) is 7.45. The van der Waals surface area contributed by atoms with Gasteiger partial charge in [-0.25, -0.2) is 9.97 Å². The van der Waals surface area contributed by atoms with Crippen LogP contribution in [-0.4, -0.2) is 22.6 Å². The second kappa shape index (κ2) is 7.97. The molecule has 19 heavy (non-hydrogen) atoms. The summed E-state index contributed by atoms with van der Waals surface area (Å²) in [5, 5.41) is 6.81. The van der Waals surface area contributed by atoms with Gasteiger partial charge in [-0.1, -0.05) is 27.7 Å². The van der Waals surface area contributed by atoms with Gasteiger partial charge >= 0.3 is 0 Å². The Balaban J connectivity index is 2.85. The van der Waals surface area contributed by atoms with Crippen LogP contribution in [0.3, 0.4) is 0 Å². The van der Waals surface area contributed by atoms with Crippen molar-refractivity contribution in [1.82, 2.24) is 9.97 Å². The quantitative estimate of drug-likeness (QED) is 0.751. The summed E-state index contributed by atoms with van der Waals surface area (Å²) < 4.78 is 0. The minimum Gasteiger partial charge on any atom is -0.370 e. The highest BCUT2D eigenvalue weighted by molar-refractivity contribution is 5.48. The summed E-state index contributed by atoms with van der Waals surface area (Å²) in [6.07, 6.45) is 3.08. The van der Waals surface area contributed by atoms with E-state index in [9.17, 15) is 0 Å². The molecule has 1 aromatic heterocycles. The SMILES string of the molecule is CCCNc1cc(NC(C)C(C)C)nc(CCC)n1. The van der Waals surface area contributed by atoms with Gasteiger partial charge in [-0.2, -0.15) is 0 Å². The van der Waals surface area contributed by atoms with E-state index in [0.717, 1.165) is 43.3 Å². The van der Waals surface area contributed by atoms with Crippen LogP contribution in [0.15, 0.2) is 6.07 Å². The van der Waals surface area contributed by atoms with Crippen LogP contribution in [0.25, 0.3) is 0 Å². The van der Waals surface area contributed by atoms with Crippen LogP contribution in [-0.2, 0) is 6.42 Å². The van der Waals surface area contributed by atoms with E-state index in [2.05, 4.69) is 55.2 Å². The number of hydrogen-bond acceptors (Lipinski definition) is 4. The molecular weight excluding hydrogens is 236 g/mol. The molecule has 108 valence electrons. The normalized spacial score (nSPS) is 12.5. The molecule has 0 saturated heterocycles. The van der Waals surface area contributed by atoms with Gasteiger partial charge < -0.3 is 10.6 Å². The lowest BCUT2D eigenvalue weighted by atomic mass is 10.1. The fraction of sp³-hybridized carbons (Fsp3) is 0.733. The van der Waals surface area contributed by atoms with E-state index < -0.39 is 0 Å². The molecule has 1 aromatic rings. The molecule has 0 amide bonds. The Morgan fingerprint density at radius 1 is 1.05 bits per heavy atom. The summed E-state index contributed by atoms with van der Waals surface area (Å²) in [5.41, 5.74) is 0. The van der Waals surface area contributed by atoms with Crippen molar-refractivity contribution < 1.29 is 0 Å². The molecule has 0 saturated carbocycles. The van der Waals surface area contributed by atoms with Gasteiger partial charge in [-0.15, -0.1) is 0 Å². The molecule has 1 heterocycles. The van der Waals surface area contributed by atoms with Gasteiger partial charge in [0.2, 0.25) is 0 Å². The zero-order valence-electron chi connectivity index (χ0n) is 13.0. The monoisotopic (exact) mass is 264 g/mol. The lowest BCUT2D eigenvalue weighted by molar-refractivity contribution is 0.558. The Labute approximate surface area is 117 Å². The van der Waals surface area contributed by atoms with Crippen LogP contribution < -0.4 is 10.6 Å². The van der Waals surface area contributed by atoms with Crippen LogP contribution >= 0.6 is 0 Å². The van der Waals surface area contributed by atoms with Crippen LogP contribution in [0.1, 0.15) is 53.3 Å². The molecular formula is C15H28N4. The molecule has 2 N–H and O–H groups in total. The molecule has 0 radical (unpaired) electrons. The molecule has 1 unspecified atom stereocenters. The van der Waals surface area contributed by atoms with Gasteiger partial charge in [-0.3, -0.25) is 0 Å². The zero-order chi connectivity index (χ0) is 14.3. The molecule has 4 nitrogen and oxygen atoms in total. The van der Waals surface area contributed by atoms with Crippen LogP contribution in [0.4, 0.5) is 11.6 Å². The summed E-state index contributed by atoms with van der Waals surface area (Å²) in [6, 6.07) is 2.41. The predicted molar refractivity (Wildman–Crippen MR) is 82.7 cm³/mol. The highest BCUT2D eigenvalue weighted by Gasteiger charge is 2.09. The summed E-state index contributed by atoms with van der Waals surface area (Å²) in [7, 11) is 0. The third kappa shape index (κ3) is 5.45. The summed E-state index contributed by atoms with van der Waals surface area (Å²) in [4.78, 5) is 9.14. The molecule has 0 aliphatic heterocycles. The fourth-order valence-electron chi connectivity index (χ4n) is 1.65. The van der Waals surface area contributed by atoms with Crippen LogP contribution in [0.5, 0.6) is 0 Å². The number of aryl methyl sites for hydroxylation is 1. The zero-order valence-corrected chi connectivity index (χ0v) is 13.0. The average Bonchev–Trinajstić information content (AvgIpc) is 2.36. The number of hydrogen-bond donors (Lipinski definition) is 2. The first kappa shape index (κ1) is 15.7. The highest BCUT2D eigenvalue weighted by atomic mass is 15.1. The molecule has 4 heteroatoms. The third-order valence-electron chi connectivity index (χ3n) is 3.18. The van der Waals surface area contributed by atoms with Gasteiger partial charge in [0.05, 0.1) is 0 Å². The standard InChI is InChI=1S/C15H28N4/c1-6-8-13-18-14(16-9-7-2)10-15(19-13)17-12(5)11(3)4/h10-12H,6-9H2,1-5H3,(H2,16,17,18,19). The summed E-state index contributed by atoms with van der Waals surface area (Å²) in [5.74, 6) is 3.36. The highest BCUT2D eigenvalue weighted by Crippen LogP contribution is 2.15. The van der Waals surface area contributed by atoms with E-state index in [-0.39, 0.29) is 0 Å². The Morgan fingerprint density at radius 3 is 2.32 bits per heavy atom. The minimum atomic E-state index is 0.406. The smallest absolute Gasteiger partial charge is 0.133 e. The number of nitrogens with one attached hydrogen (secondary N) is 2. The molecule has 0 fully saturated rings. The van der Waals surface area contributed by atoms with Gasteiger partial charge in [0, 0.05) is 25.1 Å². The Morgan fingerprint density at radius 2 is 1.74 bits per heavy atom. The van der Waals surface area contributed by atoms with E-state index in [1.807, 2.05) is 6.07 Å². The van der Waals surface area contributed by atoms with E-state index in [4.69, 9.17) is 0 Å². The van der Waals surface area contributed by atoms with E-state index in [0.29, 0.717) is 12.0 Å². The topological polar surface area (TPSA) is 49.8 Å². The Kier molecular flexibility index (Phi) is 6.60. The van der Waals surface area contributed by atoms with Crippen LogP contribution in [0, 0.1) is 5.92 Å². The first-order valence-corrected chi connectivity index (χ1v) is 7.45. The molecule has 0 aliphatic carbocycles. The average molecular weight is 264 g/mol. The summed E-state index contributed by atoms with van der Waals surface area (Å²) >= 11 is 0. The van der Waals surface area contributed by atoms with Crippen molar-refractivity contribution in [2.45, 2.75) is 59.9 Å². The van der Waals surface area contributed by atoms with E-state index >= 15 is 0 Å². The van der Waals surface area contributed by atoms with Crippen molar-refractivity contribution >= 4 is 11.6 Å². The van der Waals surface area contributed by atoms with Gasteiger partial charge in [-0.05, 0) is 25.7 Å². The maximum Gasteiger partial charge on any atom is 0.133 e. The third-order valence-corrected chi connectivity index (χ3v) is 3.18. The van der Waals surface area contributed by atoms with Crippen molar-refractivity contribution in [3.05, 3.63) is 11.9 Å². The van der Waals surface area contributed by atoms with Crippen molar-refractivity contribution in [2.75, 3.05) is 17.2 Å². The molecule has 1 atom stereocenters. The van der Waals surface area contributed by atoms with Gasteiger partial charge in [0.1, 0.15) is 17.5 Å². The van der Waals surface area contributed by atoms with Gasteiger partial charge in [0.25, 0.3) is 0 Å². The van der Waals surface area contributed by atoms with Gasteiger partial charge in [0.15, 0.2) is 0 Å². The Bertz CT molecular complexity index is 376. The molecule has 0 spiro atoms. The number of nitrogens with zero attached hydrogens (tertiary/aromatic N) is 2. The fourth-order valence-corrected chi connectivity index (χ4v) is 1.65. The largest absolute Gasteiger partial charge is 0.370 e. The van der Waals surface area contributed by atoms with E-state index in [1.165, 1.54) is 0 Å². The number of aromatic nitrogens is 2. The number of rotatable bonds is 8. The second-order valence-electron chi connectivity index (χ2n) is 5.41. The summed E-state index contributed by atoms with van der Waals surface area (Å²) in [6.45, 7) is 11.9. The van der Waals surface area contributed by atoms with Crippen LogP contribution in [0.2, 0.25) is 0 Å². The Hall–Kier alpha value is -1.32. The first-order chi connectivity index (χ1) is 9.06. The predicted octanol–water partition coefficient (Wildman–Crippen LogP) is 3.71. The van der Waals surface area contributed by atoms with E-state index in [1.54, 1.807) is 0 Å². The molecule has 0 aromatic carbocycles. The van der Waals surface area contributed by atoms with Crippen molar-refractivity contribution in [3.63, 3.8) is 0 Å². The maximum atomic E-state index is 4.59. The van der Waals surface area contributed by atoms with Crippen molar-refractivity contribution in [2.24, 2.45) is 5.92 Å². The minimum absolute atomic E-state index is 0.406. The maximum absolute atomic E-state index is 4.59. The lowest BCUT2D eigenvalue weighted by Gasteiger charge is -2.19. The molecule has 0 aliphatic rings. The van der Waals surface area contributed by atoms with Crippen molar-refractivity contribution in [1.29, 1.82) is 0 Å².